The molecule has 1 aliphatic rings. The summed E-state index contributed by atoms with van der Waals surface area (Å²) < 4.78 is 45.3. The molecular weight excluding hydrogens is 639 g/mol. The third-order valence-electron chi connectivity index (χ3n) is 8.48. The van der Waals surface area contributed by atoms with Crippen molar-refractivity contribution in [1.82, 2.24) is 9.80 Å². The van der Waals surface area contributed by atoms with Crippen LogP contribution in [-0.4, -0.2) is 71.8 Å². The average molecular weight is 678 g/mol. The van der Waals surface area contributed by atoms with E-state index >= 15 is 0 Å². The van der Waals surface area contributed by atoms with Gasteiger partial charge in [-0.2, -0.15) is 13.2 Å². The Hall–Kier alpha value is -5.30. The molecule has 1 heterocycles. The summed E-state index contributed by atoms with van der Waals surface area (Å²) in [6.45, 7) is 3.64. The molecule has 4 N–H and O–H groups in total. The normalized spacial score (nSPS) is 17.1. The Kier molecular flexibility index (Phi) is 10.6. The van der Waals surface area contributed by atoms with Gasteiger partial charge in [-0.15, -0.1) is 0 Å². The van der Waals surface area contributed by atoms with Crippen LogP contribution in [0.3, 0.4) is 0 Å². The number of carbonyl (C=O) groups excluding carboxylic acids is 3. The Morgan fingerprint density at radius 2 is 1.67 bits per heavy atom. The van der Waals surface area contributed by atoms with E-state index in [-0.39, 0.29) is 43.6 Å². The molecule has 4 aromatic carbocycles. The Morgan fingerprint density at radius 3 is 2.39 bits per heavy atom. The van der Waals surface area contributed by atoms with Crippen LogP contribution in [-0.2, 0) is 17.4 Å². The van der Waals surface area contributed by atoms with Crippen molar-refractivity contribution in [3.63, 3.8) is 0 Å². The molecule has 13 heteroatoms. The molecule has 1 aliphatic heterocycles. The number of amides is 5. The zero-order valence-electron chi connectivity index (χ0n) is 27.3. The fourth-order valence-corrected chi connectivity index (χ4v) is 5.66. The number of rotatable bonds is 7. The smallest absolute Gasteiger partial charge is 0.416 e. The summed E-state index contributed by atoms with van der Waals surface area (Å²) in [6.07, 6.45) is -5.19. The molecule has 0 saturated carbocycles. The summed E-state index contributed by atoms with van der Waals surface area (Å²) in [7, 11) is 1.53. The molecule has 0 unspecified atom stereocenters. The number of nitrogens with one attached hydrogen (secondary N) is 3. The van der Waals surface area contributed by atoms with Gasteiger partial charge in [0, 0.05) is 41.8 Å². The maximum Gasteiger partial charge on any atom is 0.416 e. The highest BCUT2D eigenvalue weighted by Gasteiger charge is 2.33. The number of nitrogens with zero attached hydrogens (tertiary/aromatic N) is 2. The Labute approximate surface area is 281 Å². The van der Waals surface area contributed by atoms with Crippen LogP contribution < -0.4 is 20.7 Å². The molecule has 49 heavy (non-hydrogen) atoms. The first kappa shape index (κ1) is 35.0. The average Bonchev–Trinajstić information content (AvgIpc) is 3.11. The minimum Gasteiger partial charge on any atom is -0.488 e. The molecule has 4 aromatic rings. The number of fused-ring (bicyclic) bond motifs is 2. The van der Waals surface area contributed by atoms with E-state index in [2.05, 4.69) is 16.0 Å². The summed E-state index contributed by atoms with van der Waals surface area (Å²) in [5.41, 5.74) is 0.918. The third kappa shape index (κ3) is 8.60. The number of carbonyl (C=O) groups is 3. The highest BCUT2D eigenvalue weighted by Crippen LogP contribution is 2.31. The molecule has 0 saturated heterocycles. The van der Waals surface area contributed by atoms with E-state index in [4.69, 9.17) is 4.74 Å². The fourth-order valence-electron chi connectivity index (χ4n) is 5.66. The van der Waals surface area contributed by atoms with Crippen LogP contribution in [0.2, 0.25) is 0 Å². The molecule has 0 aromatic heterocycles. The van der Waals surface area contributed by atoms with Crippen molar-refractivity contribution < 1.29 is 37.4 Å². The lowest BCUT2D eigenvalue weighted by Gasteiger charge is -2.34. The maximum absolute atomic E-state index is 13.6. The van der Waals surface area contributed by atoms with Gasteiger partial charge in [-0.25, -0.2) is 9.59 Å². The zero-order valence-corrected chi connectivity index (χ0v) is 27.3. The predicted octanol–water partition coefficient (Wildman–Crippen LogP) is 6.82. The Balaban J connectivity index is 1.34. The lowest BCUT2D eigenvalue weighted by Crippen LogP contribution is -2.48. The number of alkyl halides is 3. The highest BCUT2D eigenvalue weighted by atomic mass is 19.4. The van der Waals surface area contributed by atoms with Gasteiger partial charge in [0.1, 0.15) is 11.9 Å². The standard InChI is InChI=1S/C36H38F3N5O5/c1-22-19-44(23(2)21-45)33(46)18-25-17-28(40-34(47)42-30-10-6-8-24-7-4-5-9-29(24)30)15-16-31(25)49-32(22)20-43(3)35(48)41-27-13-11-26(12-14-27)36(37,38)39/h4-17,22-23,32,45H,18-21H2,1-3H3,(H,41,48)(H2,40,42,47)/t22-,23+,32-/m0/s1. The predicted molar refractivity (Wildman–Crippen MR) is 182 cm³/mol. The number of aliphatic hydroxyl groups is 1. The van der Waals surface area contributed by atoms with Crippen LogP contribution in [0, 0.1) is 5.92 Å². The molecule has 0 radical (unpaired) electrons. The summed E-state index contributed by atoms with van der Waals surface area (Å²) in [5, 5.41) is 20.1. The van der Waals surface area contributed by atoms with E-state index in [0.29, 0.717) is 22.7 Å². The Bertz CT molecular complexity index is 1810. The molecule has 10 nitrogen and oxygen atoms in total. The number of likely N-dealkylation sites (N-methyl/N-ethyl adjacent to an activating group) is 1. The quantitative estimate of drug-likeness (QED) is 0.171. The number of halogens is 3. The summed E-state index contributed by atoms with van der Waals surface area (Å²) in [6, 6.07) is 20.8. The van der Waals surface area contributed by atoms with Crippen molar-refractivity contribution >= 4 is 45.8 Å². The van der Waals surface area contributed by atoms with E-state index in [0.717, 1.165) is 22.9 Å². The first-order chi connectivity index (χ1) is 23.3. The van der Waals surface area contributed by atoms with Crippen LogP contribution in [0.4, 0.5) is 39.8 Å². The van der Waals surface area contributed by atoms with Crippen molar-refractivity contribution in [3.05, 3.63) is 96.1 Å². The third-order valence-corrected chi connectivity index (χ3v) is 8.48. The maximum atomic E-state index is 13.6. The summed E-state index contributed by atoms with van der Waals surface area (Å²) in [4.78, 5) is 42.6. The van der Waals surface area contributed by atoms with E-state index in [1.54, 1.807) is 36.1 Å². The van der Waals surface area contributed by atoms with Crippen LogP contribution in [0.5, 0.6) is 5.75 Å². The largest absolute Gasteiger partial charge is 0.488 e. The number of aliphatic hydroxyl groups excluding tert-OH is 1. The SMILES string of the molecule is C[C@H](CO)N1C[C@H](C)[C@H](CN(C)C(=O)Nc2ccc(C(F)(F)F)cc2)Oc2ccc(NC(=O)Nc3cccc4ccccc34)cc2CC1=O. The topological polar surface area (TPSA) is 123 Å². The molecular formula is C36H38F3N5O5. The van der Waals surface area contributed by atoms with Gasteiger partial charge in [-0.3, -0.25) is 4.79 Å². The minimum absolute atomic E-state index is 0.0655. The first-order valence-electron chi connectivity index (χ1n) is 15.8. The number of ether oxygens (including phenoxy) is 1. The summed E-state index contributed by atoms with van der Waals surface area (Å²) >= 11 is 0. The van der Waals surface area contributed by atoms with Gasteiger partial charge < -0.3 is 35.6 Å². The number of benzene rings is 4. The van der Waals surface area contributed by atoms with E-state index < -0.39 is 35.9 Å². The van der Waals surface area contributed by atoms with Crippen molar-refractivity contribution in [2.45, 2.75) is 38.6 Å². The lowest BCUT2D eigenvalue weighted by molar-refractivity contribution is -0.137. The van der Waals surface area contributed by atoms with Gasteiger partial charge in [-0.1, -0.05) is 43.3 Å². The molecule has 5 rings (SSSR count). The van der Waals surface area contributed by atoms with Crippen LogP contribution in [0.1, 0.15) is 25.0 Å². The first-order valence-corrected chi connectivity index (χ1v) is 15.8. The van der Waals surface area contributed by atoms with Crippen LogP contribution in [0.15, 0.2) is 84.9 Å². The Morgan fingerprint density at radius 1 is 0.980 bits per heavy atom. The second-order valence-electron chi connectivity index (χ2n) is 12.2. The number of hydrogen-bond donors (Lipinski definition) is 4. The van der Waals surface area contributed by atoms with Crippen molar-refractivity contribution in [3.8, 4) is 5.75 Å². The highest BCUT2D eigenvalue weighted by molar-refractivity contribution is 6.06. The molecule has 0 bridgehead atoms. The molecule has 3 atom stereocenters. The van der Waals surface area contributed by atoms with Gasteiger partial charge in [0.05, 0.1) is 36.9 Å². The molecule has 0 spiro atoms. The van der Waals surface area contributed by atoms with Crippen molar-refractivity contribution in [2.24, 2.45) is 5.92 Å². The number of anilines is 3. The van der Waals surface area contributed by atoms with E-state index in [9.17, 15) is 32.7 Å². The van der Waals surface area contributed by atoms with Crippen LogP contribution in [0.25, 0.3) is 10.8 Å². The lowest BCUT2D eigenvalue weighted by atomic mass is 10.0. The minimum atomic E-state index is -4.50. The van der Waals surface area contributed by atoms with E-state index in [1.165, 1.54) is 24.1 Å². The van der Waals surface area contributed by atoms with Crippen LogP contribution >= 0.6 is 0 Å². The van der Waals surface area contributed by atoms with Gasteiger partial charge in [-0.05, 0) is 60.8 Å². The molecule has 0 aliphatic carbocycles. The van der Waals surface area contributed by atoms with Gasteiger partial charge in [0.25, 0.3) is 0 Å². The molecule has 258 valence electrons. The van der Waals surface area contributed by atoms with Crippen molar-refractivity contribution in [2.75, 3.05) is 42.7 Å². The van der Waals surface area contributed by atoms with Crippen molar-refractivity contribution in [1.29, 1.82) is 0 Å². The number of hydrogen-bond acceptors (Lipinski definition) is 5. The second kappa shape index (κ2) is 14.9. The van der Waals surface area contributed by atoms with Gasteiger partial charge in [0.15, 0.2) is 0 Å². The van der Waals surface area contributed by atoms with Gasteiger partial charge in [0.2, 0.25) is 5.91 Å². The van der Waals surface area contributed by atoms with Gasteiger partial charge >= 0.3 is 18.2 Å². The summed E-state index contributed by atoms with van der Waals surface area (Å²) in [5.74, 6) is -0.167. The monoisotopic (exact) mass is 677 g/mol. The zero-order chi connectivity index (χ0) is 35.3. The number of urea groups is 2. The second-order valence-corrected chi connectivity index (χ2v) is 12.2. The molecule has 5 amide bonds. The van der Waals surface area contributed by atoms with E-state index in [1.807, 2.05) is 43.3 Å². The molecule has 0 fully saturated rings. The fraction of sp³-hybridized carbons (Fsp3) is 0.306.